The average Bonchev–Trinajstić information content (AvgIpc) is 3.14. The van der Waals surface area contributed by atoms with Crippen molar-refractivity contribution in [3.63, 3.8) is 0 Å². The molecule has 0 fully saturated rings. The Labute approximate surface area is 175 Å². The van der Waals surface area contributed by atoms with Crippen molar-refractivity contribution in [2.75, 3.05) is 25.1 Å². The molecule has 7 nitrogen and oxygen atoms in total. The summed E-state index contributed by atoms with van der Waals surface area (Å²) in [7, 11) is 1.84. The van der Waals surface area contributed by atoms with E-state index < -0.39 is 0 Å². The lowest BCUT2D eigenvalue weighted by molar-refractivity contribution is -0.138. The molecule has 0 aliphatic carbocycles. The number of fused-ring (bicyclic) bond motifs is 1. The van der Waals surface area contributed by atoms with Crippen molar-refractivity contribution in [1.82, 2.24) is 14.5 Å². The number of carbonyl (C=O) groups excluding carboxylic acids is 2. The molecule has 0 bridgehead atoms. The van der Waals surface area contributed by atoms with Crippen molar-refractivity contribution in [3.8, 4) is 11.3 Å². The highest BCUT2D eigenvalue weighted by Gasteiger charge is 2.20. The minimum absolute atomic E-state index is 0.111. The van der Waals surface area contributed by atoms with E-state index in [-0.39, 0.29) is 25.0 Å². The lowest BCUT2D eigenvalue weighted by Crippen LogP contribution is -2.38. The van der Waals surface area contributed by atoms with Gasteiger partial charge in [0.1, 0.15) is 13.2 Å². The maximum Gasteiger partial charge on any atom is 0.252 e. The average molecular weight is 404 g/mol. The molecule has 0 atom stereocenters. The summed E-state index contributed by atoms with van der Waals surface area (Å²) in [6.07, 6.45) is 2.55. The van der Waals surface area contributed by atoms with E-state index >= 15 is 0 Å². The number of benzene rings is 2. The van der Waals surface area contributed by atoms with E-state index in [1.807, 2.05) is 60.1 Å². The summed E-state index contributed by atoms with van der Waals surface area (Å²) in [5, 5.41) is 2.73. The van der Waals surface area contributed by atoms with Gasteiger partial charge in [0.25, 0.3) is 5.91 Å². The topological polar surface area (TPSA) is 76.5 Å². The number of hydrogen-bond acceptors (Lipinski definition) is 4. The maximum atomic E-state index is 12.4. The molecule has 2 amide bonds. The molecule has 0 unspecified atom stereocenters. The van der Waals surface area contributed by atoms with Crippen LogP contribution >= 0.6 is 0 Å². The molecule has 1 aromatic heterocycles. The lowest BCUT2D eigenvalue weighted by atomic mass is 10.00. The molecule has 0 radical (unpaired) electrons. The summed E-state index contributed by atoms with van der Waals surface area (Å²) in [6.45, 7) is 0.927. The fourth-order valence-corrected chi connectivity index (χ4v) is 3.59. The van der Waals surface area contributed by atoms with Crippen LogP contribution in [-0.2, 0) is 34.3 Å². The fourth-order valence-electron chi connectivity index (χ4n) is 3.59. The highest BCUT2D eigenvalue weighted by atomic mass is 16.5. The fraction of sp³-hybridized carbons (Fsp3) is 0.261. The molecular weight excluding hydrogens is 380 g/mol. The van der Waals surface area contributed by atoms with Gasteiger partial charge in [-0.05, 0) is 23.1 Å². The number of aromatic nitrogens is 2. The van der Waals surface area contributed by atoms with E-state index in [1.54, 1.807) is 11.1 Å². The summed E-state index contributed by atoms with van der Waals surface area (Å²) >= 11 is 0. The van der Waals surface area contributed by atoms with Gasteiger partial charge in [-0.15, -0.1) is 0 Å². The van der Waals surface area contributed by atoms with Crippen molar-refractivity contribution in [1.29, 1.82) is 0 Å². The van der Waals surface area contributed by atoms with Crippen LogP contribution in [0.15, 0.2) is 60.8 Å². The molecule has 4 rings (SSSR count). The molecule has 1 N–H and O–H groups in total. The first-order valence-corrected chi connectivity index (χ1v) is 9.91. The Morgan fingerprint density at radius 2 is 1.77 bits per heavy atom. The first-order valence-electron chi connectivity index (χ1n) is 9.91. The molecule has 3 aromatic rings. The number of carbonyl (C=O) groups is 2. The van der Waals surface area contributed by atoms with E-state index in [0.29, 0.717) is 19.0 Å². The maximum absolute atomic E-state index is 12.4. The van der Waals surface area contributed by atoms with Gasteiger partial charge in [0.2, 0.25) is 11.9 Å². The van der Waals surface area contributed by atoms with E-state index in [1.165, 1.54) is 11.1 Å². The summed E-state index contributed by atoms with van der Waals surface area (Å²) in [5.74, 6) is -0.0258. The van der Waals surface area contributed by atoms with Crippen LogP contribution in [0, 0.1) is 0 Å². The minimum Gasteiger partial charge on any atom is -0.362 e. The Bertz CT molecular complexity index is 1050. The van der Waals surface area contributed by atoms with Gasteiger partial charge < -0.3 is 14.2 Å². The molecule has 7 heteroatoms. The minimum atomic E-state index is -0.347. The van der Waals surface area contributed by atoms with Crippen LogP contribution in [-0.4, -0.2) is 46.0 Å². The number of nitrogens with one attached hydrogen (secondary N) is 1. The Morgan fingerprint density at radius 3 is 2.57 bits per heavy atom. The predicted molar refractivity (Wildman–Crippen MR) is 114 cm³/mol. The van der Waals surface area contributed by atoms with Crippen LogP contribution in [0.1, 0.15) is 11.1 Å². The van der Waals surface area contributed by atoms with Crippen LogP contribution in [0.3, 0.4) is 0 Å². The molecule has 1 aliphatic rings. The van der Waals surface area contributed by atoms with Gasteiger partial charge in [-0.2, -0.15) is 0 Å². The van der Waals surface area contributed by atoms with Gasteiger partial charge in [0, 0.05) is 20.1 Å². The third kappa shape index (κ3) is 4.41. The van der Waals surface area contributed by atoms with Crippen molar-refractivity contribution < 1.29 is 14.3 Å². The number of rotatable bonds is 6. The molecule has 2 heterocycles. The molecule has 0 saturated heterocycles. The molecule has 1 aliphatic heterocycles. The molecule has 0 spiro atoms. The van der Waals surface area contributed by atoms with Crippen LogP contribution in [0.5, 0.6) is 0 Å². The van der Waals surface area contributed by atoms with E-state index in [0.717, 1.165) is 17.7 Å². The van der Waals surface area contributed by atoms with E-state index in [4.69, 9.17) is 4.74 Å². The molecular formula is C23H24N4O3. The molecule has 2 aromatic carbocycles. The summed E-state index contributed by atoms with van der Waals surface area (Å²) in [6, 6.07) is 17.9. The zero-order valence-electron chi connectivity index (χ0n) is 16.9. The van der Waals surface area contributed by atoms with Crippen molar-refractivity contribution in [3.05, 3.63) is 71.9 Å². The number of hydrogen-bond donors (Lipinski definition) is 1. The summed E-state index contributed by atoms with van der Waals surface area (Å²) in [5.41, 5.74) is 4.36. The number of nitrogens with zero attached hydrogens (tertiary/aromatic N) is 3. The molecule has 154 valence electrons. The second-order valence-corrected chi connectivity index (χ2v) is 7.27. The Kier molecular flexibility index (Phi) is 5.90. The zero-order valence-corrected chi connectivity index (χ0v) is 16.9. The first-order chi connectivity index (χ1) is 14.6. The first kappa shape index (κ1) is 19.8. The monoisotopic (exact) mass is 404 g/mol. The normalized spacial score (nSPS) is 13.0. The summed E-state index contributed by atoms with van der Waals surface area (Å²) in [4.78, 5) is 30.7. The second kappa shape index (κ2) is 8.92. The van der Waals surface area contributed by atoms with Gasteiger partial charge in [-0.25, -0.2) is 4.98 Å². The lowest BCUT2D eigenvalue weighted by Gasteiger charge is -2.28. The van der Waals surface area contributed by atoms with Crippen LogP contribution in [0.4, 0.5) is 5.95 Å². The highest BCUT2D eigenvalue weighted by molar-refractivity contribution is 5.90. The Morgan fingerprint density at radius 1 is 1.03 bits per heavy atom. The van der Waals surface area contributed by atoms with Gasteiger partial charge in [0.15, 0.2) is 0 Å². The largest absolute Gasteiger partial charge is 0.362 e. The van der Waals surface area contributed by atoms with Crippen LogP contribution < -0.4 is 5.32 Å². The zero-order chi connectivity index (χ0) is 20.9. The van der Waals surface area contributed by atoms with Gasteiger partial charge in [0.05, 0.1) is 11.9 Å². The number of anilines is 1. The van der Waals surface area contributed by atoms with E-state index in [2.05, 4.69) is 16.4 Å². The second-order valence-electron chi connectivity index (χ2n) is 7.27. The Balaban J connectivity index is 1.26. The smallest absolute Gasteiger partial charge is 0.252 e. The van der Waals surface area contributed by atoms with E-state index in [9.17, 15) is 9.59 Å². The highest BCUT2D eigenvalue weighted by Crippen LogP contribution is 2.21. The SMILES string of the molecule is Cn1c(-c2ccccc2)cnc1NC(=O)COCC(=O)N1CCc2ccccc2C1. The van der Waals surface area contributed by atoms with Crippen LogP contribution in [0.2, 0.25) is 0 Å². The van der Waals surface area contributed by atoms with Gasteiger partial charge in [-0.3, -0.25) is 14.9 Å². The number of amides is 2. The third-order valence-corrected chi connectivity index (χ3v) is 5.25. The standard InChI is InChI=1S/C23H24N4O3/c1-26-20(18-8-3-2-4-9-18)13-24-23(26)25-21(28)15-30-16-22(29)27-12-11-17-7-5-6-10-19(17)14-27/h2-10,13H,11-12,14-16H2,1H3,(H,24,25,28). The number of ether oxygens (including phenoxy) is 1. The van der Waals surface area contributed by atoms with Crippen molar-refractivity contribution in [2.24, 2.45) is 7.05 Å². The Hall–Kier alpha value is -3.45. The quantitative estimate of drug-likeness (QED) is 0.685. The van der Waals surface area contributed by atoms with Gasteiger partial charge in [-0.1, -0.05) is 54.6 Å². The molecule has 30 heavy (non-hydrogen) atoms. The van der Waals surface area contributed by atoms with Crippen LogP contribution in [0.25, 0.3) is 11.3 Å². The summed E-state index contributed by atoms with van der Waals surface area (Å²) < 4.78 is 7.17. The number of imidazole rings is 1. The van der Waals surface area contributed by atoms with Crippen molar-refractivity contribution in [2.45, 2.75) is 13.0 Å². The van der Waals surface area contributed by atoms with Crippen molar-refractivity contribution >= 4 is 17.8 Å². The molecule has 0 saturated carbocycles. The predicted octanol–water partition coefficient (Wildman–Crippen LogP) is 2.63. The van der Waals surface area contributed by atoms with Gasteiger partial charge >= 0.3 is 0 Å². The third-order valence-electron chi connectivity index (χ3n) is 5.25.